The summed E-state index contributed by atoms with van der Waals surface area (Å²) in [6.07, 6.45) is -4.90. The van der Waals surface area contributed by atoms with Crippen molar-refractivity contribution in [1.82, 2.24) is 4.90 Å². The average Bonchev–Trinajstić information content (AvgIpc) is 3.44. The summed E-state index contributed by atoms with van der Waals surface area (Å²) in [6, 6.07) is 20.6. The van der Waals surface area contributed by atoms with E-state index < -0.39 is 35.0 Å². The fourth-order valence-corrected chi connectivity index (χ4v) is 7.17. The number of amides is 1. The van der Waals surface area contributed by atoms with Gasteiger partial charge in [-0.3, -0.25) is 9.59 Å². The first-order chi connectivity index (χ1) is 20.9. The predicted octanol–water partition coefficient (Wildman–Crippen LogP) is 8.13. The second-order valence-corrected chi connectivity index (χ2v) is 12.2. The van der Waals surface area contributed by atoms with Crippen LogP contribution in [0.1, 0.15) is 62.0 Å². The van der Waals surface area contributed by atoms with Crippen LogP contribution < -0.4 is 0 Å². The molecular weight excluding hydrogens is 587 g/mol. The molecule has 0 N–H and O–H groups in total. The Hall–Kier alpha value is -4.11. The fourth-order valence-electron chi connectivity index (χ4n) is 5.75. The van der Waals surface area contributed by atoms with E-state index in [4.69, 9.17) is 4.74 Å². The van der Waals surface area contributed by atoms with E-state index in [9.17, 15) is 27.6 Å². The van der Waals surface area contributed by atoms with Crippen molar-refractivity contribution >= 4 is 40.2 Å². The summed E-state index contributed by atoms with van der Waals surface area (Å²) in [5.41, 5.74) is 3.78. The number of carbonyl (C=O) groups is 3. The number of esters is 1. The largest absolute Gasteiger partial charge is 0.459 e. The molecule has 1 heterocycles. The molecule has 1 saturated heterocycles. The number of halogens is 3. The van der Waals surface area contributed by atoms with Gasteiger partial charge in [0.15, 0.2) is 5.78 Å². The number of fused-ring (bicyclic) bond motifs is 1. The van der Waals surface area contributed by atoms with E-state index in [0.29, 0.717) is 5.56 Å². The number of hydrogen-bond acceptors (Lipinski definition) is 5. The monoisotopic (exact) mass is 619 g/mol. The number of alkyl halides is 3. The first-order valence-corrected chi connectivity index (χ1v) is 15.3. The number of rotatable bonds is 8. The normalized spacial score (nSPS) is 16.7. The maximum absolute atomic E-state index is 13.8. The topological polar surface area (TPSA) is 63.7 Å². The summed E-state index contributed by atoms with van der Waals surface area (Å²) in [5.74, 6) is -1.23. The van der Waals surface area contributed by atoms with Crippen molar-refractivity contribution < 1.29 is 32.3 Å². The van der Waals surface area contributed by atoms with Crippen LogP contribution in [0.4, 0.5) is 13.2 Å². The molecule has 2 unspecified atom stereocenters. The molecule has 1 amide bonds. The molecule has 2 atom stereocenters. The molecule has 0 saturated carbocycles. The van der Waals surface area contributed by atoms with Gasteiger partial charge in [-0.25, -0.2) is 4.79 Å². The van der Waals surface area contributed by atoms with Gasteiger partial charge in [0.25, 0.3) is 0 Å². The van der Waals surface area contributed by atoms with Gasteiger partial charge in [0.1, 0.15) is 18.0 Å². The van der Waals surface area contributed by atoms with Crippen LogP contribution in [0.2, 0.25) is 0 Å². The predicted molar refractivity (Wildman–Crippen MR) is 165 cm³/mol. The molecule has 1 aliphatic heterocycles. The lowest BCUT2D eigenvalue weighted by Gasteiger charge is -2.29. The van der Waals surface area contributed by atoms with E-state index >= 15 is 0 Å². The van der Waals surface area contributed by atoms with Crippen LogP contribution in [0.15, 0.2) is 78.9 Å². The lowest BCUT2D eigenvalue weighted by molar-refractivity contribution is -0.155. The summed E-state index contributed by atoms with van der Waals surface area (Å²) in [5, 5.41) is 0.819. The van der Waals surface area contributed by atoms with E-state index in [1.165, 1.54) is 28.8 Å². The molecule has 0 radical (unpaired) electrons. The van der Waals surface area contributed by atoms with Gasteiger partial charge in [-0.1, -0.05) is 72.3 Å². The van der Waals surface area contributed by atoms with Crippen molar-refractivity contribution in [3.8, 4) is 0 Å². The molecular formula is C35H32F3NO4S. The van der Waals surface area contributed by atoms with Gasteiger partial charge in [-0.2, -0.15) is 13.2 Å². The minimum Gasteiger partial charge on any atom is -0.459 e. The summed E-state index contributed by atoms with van der Waals surface area (Å²) >= 11 is 1.20. The number of nitrogens with zero attached hydrogens (tertiary/aromatic N) is 1. The van der Waals surface area contributed by atoms with E-state index in [2.05, 4.69) is 0 Å². The maximum Gasteiger partial charge on any atom is 0.416 e. The van der Waals surface area contributed by atoms with E-state index in [-0.39, 0.29) is 36.5 Å². The summed E-state index contributed by atoms with van der Waals surface area (Å²) < 4.78 is 46.4. The molecule has 4 aromatic rings. The molecule has 4 aromatic carbocycles. The fraction of sp³-hybridized carbons (Fsp3) is 0.286. The highest BCUT2D eigenvalue weighted by Gasteiger charge is 2.44. The van der Waals surface area contributed by atoms with Crippen molar-refractivity contribution in [2.24, 2.45) is 0 Å². The van der Waals surface area contributed by atoms with Crippen LogP contribution in [-0.2, 0) is 27.1 Å². The number of aryl methyl sites for hydroxylation is 3. The Labute approximate surface area is 258 Å². The number of ketones is 1. The standard InChI is InChI=1S/C35H32F3NO4S/c1-21-16-22(2)29(23(3)17-21)19-43-34(42)30-20-44-33(25-10-6-11-26(18-25)35(36,37)38)39(30)32(41)15-14-31(40)28-13-7-9-24-8-4-5-12-27(24)28/h4-13,16-18,30,33H,14-15,19-20H2,1-3H3. The number of hydrogen-bond donors (Lipinski definition) is 0. The van der Waals surface area contributed by atoms with Crippen LogP contribution in [0.25, 0.3) is 10.8 Å². The second-order valence-electron chi connectivity index (χ2n) is 11.1. The van der Waals surface area contributed by atoms with E-state index in [0.717, 1.165) is 45.2 Å². The number of Topliss-reactive ketones (excluding diaryl/α,β-unsaturated/α-hetero) is 1. The molecule has 228 valence electrons. The molecule has 0 aliphatic carbocycles. The number of thioether (sulfide) groups is 1. The van der Waals surface area contributed by atoms with Crippen molar-refractivity contribution in [2.45, 2.75) is 57.8 Å². The Balaban J connectivity index is 1.39. The molecule has 0 spiro atoms. The zero-order chi connectivity index (χ0) is 31.6. The third kappa shape index (κ3) is 6.68. The zero-order valence-corrected chi connectivity index (χ0v) is 25.4. The highest BCUT2D eigenvalue weighted by molar-refractivity contribution is 7.99. The zero-order valence-electron chi connectivity index (χ0n) is 24.6. The van der Waals surface area contributed by atoms with Crippen molar-refractivity contribution in [3.05, 3.63) is 118 Å². The molecule has 5 nitrogen and oxygen atoms in total. The molecule has 1 aliphatic rings. The van der Waals surface area contributed by atoms with E-state index in [1.54, 1.807) is 12.1 Å². The minimum atomic E-state index is -4.57. The first-order valence-electron chi connectivity index (χ1n) is 14.3. The van der Waals surface area contributed by atoms with Gasteiger partial charge < -0.3 is 9.64 Å². The third-order valence-electron chi connectivity index (χ3n) is 7.91. The number of carbonyl (C=O) groups excluding carboxylic acids is 3. The summed E-state index contributed by atoms with van der Waals surface area (Å²) in [7, 11) is 0. The van der Waals surface area contributed by atoms with Gasteiger partial charge in [0, 0.05) is 24.2 Å². The van der Waals surface area contributed by atoms with Crippen LogP contribution in [-0.4, -0.2) is 34.4 Å². The molecule has 9 heteroatoms. The Morgan fingerprint density at radius 2 is 1.57 bits per heavy atom. The van der Waals surface area contributed by atoms with Crippen LogP contribution in [0.3, 0.4) is 0 Å². The third-order valence-corrected chi connectivity index (χ3v) is 9.24. The highest BCUT2D eigenvalue weighted by Crippen LogP contribution is 2.44. The molecule has 1 fully saturated rings. The van der Waals surface area contributed by atoms with Crippen LogP contribution in [0, 0.1) is 20.8 Å². The van der Waals surface area contributed by atoms with Crippen LogP contribution in [0.5, 0.6) is 0 Å². The Morgan fingerprint density at radius 3 is 2.30 bits per heavy atom. The lowest BCUT2D eigenvalue weighted by atomic mass is 9.98. The lowest BCUT2D eigenvalue weighted by Crippen LogP contribution is -2.44. The van der Waals surface area contributed by atoms with Gasteiger partial charge in [-0.15, -0.1) is 11.8 Å². The Morgan fingerprint density at radius 1 is 0.886 bits per heavy atom. The van der Waals surface area contributed by atoms with Crippen LogP contribution >= 0.6 is 11.8 Å². The SMILES string of the molecule is Cc1cc(C)c(COC(=O)C2CSC(c3cccc(C(F)(F)F)c3)N2C(=O)CCC(=O)c2cccc3ccccc23)c(C)c1. The first kappa shape index (κ1) is 31.3. The molecule has 44 heavy (non-hydrogen) atoms. The van der Waals surface area contributed by atoms with Gasteiger partial charge in [0.05, 0.1) is 5.56 Å². The van der Waals surface area contributed by atoms with Gasteiger partial charge in [-0.05, 0) is 65.9 Å². The Kier molecular flexibility index (Phi) is 9.15. The smallest absolute Gasteiger partial charge is 0.416 e. The summed E-state index contributed by atoms with van der Waals surface area (Å²) in [6.45, 7) is 5.85. The van der Waals surface area contributed by atoms with Crippen molar-refractivity contribution in [2.75, 3.05) is 5.75 Å². The highest BCUT2D eigenvalue weighted by atomic mass is 32.2. The summed E-state index contributed by atoms with van der Waals surface area (Å²) in [4.78, 5) is 41.8. The van der Waals surface area contributed by atoms with Crippen molar-refractivity contribution in [1.29, 1.82) is 0 Å². The quantitative estimate of drug-likeness (QED) is 0.147. The van der Waals surface area contributed by atoms with Gasteiger partial charge in [0.2, 0.25) is 5.91 Å². The number of ether oxygens (including phenoxy) is 1. The van der Waals surface area contributed by atoms with E-state index in [1.807, 2.05) is 63.2 Å². The molecule has 5 rings (SSSR count). The average molecular weight is 620 g/mol. The molecule has 0 bridgehead atoms. The maximum atomic E-state index is 13.8. The number of benzene rings is 4. The van der Waals surface area contributed by atoms with Gasteiger partial charge >= 0.3 is 12.1 Å². The molecule has 0 aromatic heterocycles. The minimum absolute atomic E-state index is 0.00771. The Bertz CT molecular complexity index is 1710. The second kappa shape index (κ2) is 12.9. The van der Waals surface area contributed by atoms with Crippen molar-refractivity contribution in [3.63, 3.8) is 0 Å².